The molecule has 4 rings (SSSR count). The average molecular weight is 415 g/mol. The summed E-state index contributed by atoms with van der Waals surface area (Å²) in [5, 5.41) is 10.4. The van der Waals surface area contributed by atoms with E-state index < -0.39 is 18.1 Å². The van der Waals surface area contributed by atoms with Crippen LogP contribution in [0.1, 0.15) is 30.0 Å². The number of carbonyl (C=O) groups is 1. The van der Waals surface area contributed by atoms with Crippen molar-refractivity contribution in [1.29, 1.82) is 0 Å². The van der Waals surface area contributed by atoms with E-state index >= 15 is 0 Å². The molecular formula is C21H19F2N3O4. The number of aliphatic hydroxyl groups is 1. The van der Waals surface area contributed by atoms with Crippen molar-refractivity contribution in [2.45, 2.75) is 32.6 Å². The molecule has 1 aromatic heterocycles. The van der Waals surface area contributed by atoms with Gasteiger partial charge in [-0.2, -0.15) is 8.78 Å². The molecule has 1 N–H and O–H groups in total. The predicted molar refractivity (Wildman–Crippen MR) is 106 cm³/mol. The zero-order chi connectivity index (χ0) is 21.8. The van der Waals surface area contributed by atoms with E-state index in [-0.39, 0.29) is 34.9 Å². The molecule has 2 heterocycles. The van der Waals surface area contributed by atoms with Crippen molar-refractivity contribution in [3.05, 3.63) is 63.7 Å². The lowest BCUT2D eigenvalue weighted by molar-refractivity contribution is -0.193. The SMILES string of the molecule is Cc1cccc2nc(CN3C(=O)C(F)(F)Oc4c([C@H](C)O)cccc43)n(C)c(=O)c12. The van der Waals surface area contributed by atoms with Gasteiger partial charge in [0.05, 0.1) is 29.2 Å². The number of aliphatic hydroxyl groups excluding tert-OH is 1. The molecule has 0 radical (unpaired) electrons. The van der Waals surface area contributed by atoms with Crippen LogP contribution in [0.15, 0.2) is 41.2 Å². The first-order valence-corrected chi connectivity index (χ1v) is 9.27. The van der Waals surface area contributed by atoms with E-state index in [9.17, 15) is 23.5 Å². The number of alkyl halides is 2. The van der Waals surface area contributed by atoms with Crippen LogP contribution in [-0.2, 0) is 18.4 Å². The maximum Gasteiger partial charge on any atom is 0.483 e. The van der Waals surface area contributed by atoms with Crippen molar-refractivity contribution in [3.8, 4) is 5.75 Å². The molecule has 0 saturated carbocycles. The Labute approximate surface area is 170 Å². The molecule has 9 heteroatoms. The molecule has 1 atom stereocenters. The minimum atomic E-state index is -4.12. The second-order valence-corrected chi connectivity index (χ2v) is 7.24. The Morgan fingerprint density at radius 1 is 1.20 bits per heavy atom. The number of rotatable bonds is 3. The lowest BCUT2D eigenvalue weighted by Crippen LogP contribution is -2.51. The second-order valence-electron chi connectivity index (χ2n) is 7.24. The van der Waals surface area contributed by atoms with Gasteiger partial charge in [0.25, 0.3) is 5.56 Å². The fourth-order valence-electron chi connectivity index (χ4n) is 3.60. The summed E-state index contributed by atoms with van der Waals surface area (Å²) in [6.45, 7) is 2.82. The first-order chi connectivity index (χ1) is 14.1. The number of aromatic nitrogens is 2. The van der Waals surface area contributed by atoms with Gasteiger partial charge in [-0.15, -0.1) is 0 Å². The molecule has 1 aliphatic rings. The van der Waals surface area contributed by atoms with E-state index in [1.165, 1.54) is 36.7 Å². The Kier molecular flexibility index (Phi) is 4.58. The highest BCUT2D eigenvalue weighted by atomic mass is 19.3. The molecule has 2 aromatic carbocycles. The quantitative estimate of drug-likeness (QED) is 0.711. The standard InChI is InChI=1S/C21H19F2N3O4/c1-11-6-4-8-14-17(11)19(28)25(3)16(24-14)10-26-15-9-5-7-13(12(2)27)18(15)30-21(22,23)20(26)29/h4-9,12,27H,10H2,1-3H3/t12-/m0/s1. The molecule has 30 heavy (non-hydrogen) atoms. The van der Waals surface area contributed by atoms with Gasteiger partial charge in [0.2, 0.25) is 0 Å². The smallest absolute Gasteiger partial charge is 0.423 e. The van der Waals surface area contributed by atoms with Gasteiger partial charge < -0.3 is 9.84 Å². The Bertz CT molecular complexity index is 1240. The number of hydrogen-bond donors (Lipinski definition) is 1. The van der Waals surface area contributed by atoms with Crippen LogP contribution in [0.2, 0.25) is 0 Å². The molecule has 0 saturated heterocycles. The number of halogens is 2. The van der Waals surface area contributed by atoms with E-state index in [0.29, 0.717) is 10.9 Å². The van der Waals surface area contributed by atoms with E-state index in [1.54, 1.807) is 25.1 Å². The van der Waals surface area contributed by atoms with E-state index in [1.807, 2.05) is 0 Å². The maximum atomic E-state index is 14.4. The molecule has 156 valence electrons. The monoisotopic (exact) mass is 415 g/mol. The zero-order valence-electron chi connectivity index (χ0n) is 16.5. The molecule has 0 unspecified atom stereocenters. The summed E-state index contributed by atoms with van der Waals surface area (Å²) >= 11 is 0. The summed E-state index contributed by atoms with van der Waals surface area (Å²) in [5.41, 5.74) is 1.02. The molecule has 7 nitrogen and oxygen atoms in total. The highest BCUT2D eigenvalue weighted by Crippen LogP contribution is 2.44. The van der Waals surface area contributed by atoms with Gasteiger partial charge in [0.1, 0.15) is 5.82 Å². The number of aryl methyl sites for hydroxylation is 1. The maximum absolute atomic E-state index is 14.4. The minimum Gasteiger partial charge on any atom is -0.423 e. The van der Waals surface area contributed by atoms with Crippen molar-refractivity contribution in [2.75, 3.05) is 4.90 Å². The molecule has 3 aromatic rings. The number of ether oxygens (including phenoxy) is 1. The fraction of sp³-hybridized carbons (Fsp3) is 0.286. The first kappa shape index (κ1) is 20.0. The van der Waals surface area contributed by atoms with E-state index in [0.717, 1.165) is 10.5 Å². The summed E-state index contributed by atoms with van der Waals surface area (Å²) < 4.78 is 34.7. The van der Waals surface area contributed by atoms with Crippen LogP contribution >= 0.6 is 0 Å². The topological polar surface area (TPSA) is 84.7 Å². The van der Waals surface area contributed by atoms with Gasteiger partial charge in [-0.3, -0.25) is 19.1 Å². The number of para-hydroxylation sites is 1. The molecule has 0 aliphatic carbocycles. The average Bonchev–Trinajstić information content (AvgIpc) is 2.68. The van der Waals surface area contributed by atoms with Gasteiger partial charge in [-0.05, 0) is 31.5 Å². The number of fused-ring (bicyclic) bond motifs is 2. The number of carbonyl (C=O) groups excluding carboxylic acids is 1. The number of benzene rings is 2. The summed E-state index contributed by atoms with van der Waals surface area (Å²) in [7, 11) is 1.48. The number of nitrogens with zero attached hydrogens (tertiary/aromatic N) is 3. The van der Waals surface area contributed by atoms with Gasteiger partial charge in [-0.25, -0.2) is 4.98 Å². The van der Waals surface area contributed by atoms with Gasteiger partial charge in [0, 0.05) is 12.6 Å². The largest absolute Gasteiger partial charge is 0.483 e. The van der Waals surface area contributed by atoms with Crippen LogP contribution in [0.5, 0.6) is 5.75 Å². The predicted octanol–water partition coefficient (Wildman–Crippen LogP) is 2.81. The molecule has 0 bridgehead atoms. The number of hydrogen-bond acceptors (Lipinski definition) is 5. The Hall–Kier alpha value is -3.33. The molecule has 1 amide bonds. The third-order valence-electron chi connectivity index (χ3n) is 5.20. The molecular weight excluding hydrogens is 396 g/mol. The fourth-order valence-corrected chi connectivity index (χ4v) is 3.60. The Balaban J connectivity index is 1.88. The van der Waals surface area contributed by atoms with Crippen LogP contribution in [0.4, 0.5) is 14.5 Å². The van der Waals surface area contributed by atoms with Crippen LogP contribution in [0.25, 0.3) is 10.9 Å². The summed E-state index contributed by atoms with van der Waals surface area (Å²) in [6.07, 6.45) is -5.21. The van der Waals surface area contributed by atoms with Crippen LogP contribution in [0.3, 0.4) is 0 Å². The highest BCUT2D eigenvalue weighted by Gasteiger charge is 2.51. The third-order valence-corrected chi connectivity index (χ3v) is 5.20. The molecule has 0 spiro atoms. The number of amides is 1. The third kappa shape index (κ3) is 3.02. The zero-order valence-corrected chi connectivity index (χ0v) is 16.5. The van der Waals surface area contributed by atoms with Crippen LogP contribution < -0.4 is 15.2 Å². The highest BCUT2D eigenvalue weighted by molar-refractivity contribution is 6.01. The normalized spacial score (nSPS) is 16.3. The van der Waals surface area contributed by atoms with Crippen molar-refractivity contribution in [3.63, 3.8) is 0 Å². The van der Waals surface area contributed by atoms with Crippen LogP contribution in [0, 0.1) is 6.92 Å². The Morgan fingerprint density at radius 3 is 2.60 bits per heavy atom. The van der Waals surface area contributed by atoms with Crippen molar-refractivity contribution in [1.82, 2.24) is 9.55 Å². The molecule has 1 aliphatic heterocycles. The van der Waals surface area contributed by atoms with Gasteiger partial charge >= 0.3 is 12.0 Å². The summed E-state index contributed by atoms with van der Waals surface area (Å²) in [4.78, 5) is 30.6. The minimum absolute atomic E-state index is 0.0721. The Morgan fingerprint density at radius 2 is 1.90 bits per heavy atom. The second kappa shape index (κ2) is 6.88. The lowest BCUT2D eigenvalue weighted by Gasteiger charge is -2.34. The summed E-state index contributed by atoms with van der Waals surface area (Å²) in [6, 6.07) is 9.60. The molecule has 0 fully saturated rings. The van der Waals surface area contributed by atoms with E-state index in [4.69, 9.17) is 0 Å². The van der Waals surface area contributed by atoms with Crippen molar-refractivity contribution >= 4 is 22.5 Å². The van der Waals surface area contributed by atoms with E-state index in [2.05, 4.69) is 9.72 Å². The van der Waals surface area contributed by atoms with Gasteiger partial charge in [-0.1, -0.05) is 24.3 Å². The lowest BCUT2D eigenvalue weighted by atomic mass is 10.1. The van der Waals surface area contributed by atoms with Crippen LogP contribution in [-0.4, -0.2) is 26.7 Å². The van der Waals surface area contributed by atoms with Gasteiger partial charge in [0.15, 0.2) is 5.75 Å². The summed E-state index contributed by atoms with van der Waals surface area (Å²) in [5.74, 6) is -1.72. The van der Waals surface area contributed by atoms with Crippen molar-refractivity contribution in [2.24, 2.45) is 7.05 Å². The number of anilines is 1. The van der Waals surface area contributed by atoms with Crippen molar-refractivity contribution < 1.29 is 23.4 Å². The first-order valence-electron chi connectivity index (χ1n) is 9.27.